The Kier molecular flexibility index (Phi) is 17.5. The molecule has 1 aromatic rings. The van der Waals surface area contributed by atoms with E-state index in [0.29, 0.717) is 18.8 Å². The van der Waals surface area contributed by atoms with Crippen LogP contribution in [0.1, 0.15) is 39.2 Å². The minimum absolute atomic E-state index is 0.312. The molecule has 0 aliphatic carbocycles. The summed E-state index contributed by atoms with van der Waals surface area (Å²) in [4.78, 5) is 21.3. The van der Waals surface area contributed by atoms with Gasteiger partial charge in [0, 0.05) is 11.6 Å². The van der Waals surface area contributed by atoms with Crippen molar-refractivity contribution in [3.05, 3.63) is 73.4 Å². The van der Waals surface area contributed by atoms with Crippen molar-refractivity contribution in [2.75, 3.05) is 6.61 Å². The summed E-state index contributed by atoms with van der Waals surface area (Å²) in [5.74, 6) is -0.674. The number of benzene rings is 1. The Labute approximate surface area is 151 Å². The molecule has 0 unspecified atom stereocenters. The summed E-state index contributed by atoms with van der Waals surface area (Å²) in [7, 11) is 0. The predicted molar refractivity (Wildman–Crippen MR) is 103 cm³/mol. The van der Waals surface area contributed by atoms with Crippen LogP contribution in [0.4, 0.5) is 0 Å². The molecule has 1 aromatic carbocycles. The van der Waals surface area contributed by atoms with Gasteiger partial charge in [0.25, 0.3) is 0 Å². The average Bonchev–Trinajstić information content (AvgIpc) is 2.61. The van der Waals surface area contributed by atoms with Crippen LogP contribution in [0.3, 0.4) is 0 Å². The first-order chi connectivity index (χ1) is 11.9. The Bertz CT molecular complexity index is 518. The Morgan fingerprint density at radius 1 is 1.12 bits per heavy atom. The summed E-state index contributed by atoms with van der Waals surface area (Å²) in [6.45, 7) is 16.5. The Morgan fingerprint density at radius 2 is 1.68 bits per heavy atom. The van der Waals surface area contributed by atoms with Gasteiger partial charge in [-0.1, -0.05) is 62.9 Å². The fraction of sp³-hybridized carbons (Fsp3) is 0.333. The number of rotatable bonds is 7. The summed E-state index contributed by atoms with van der Waals surface area (Å²) in [5, 5.41) is 0. The lowest BCUT2D eigenvalue weighted by molar-refractivity contribution is -0.140. The molecular formula is C21H30O4. The number of hydrogen-bond acceptors (Lipinski definition) is 4. The molecule has 4 heteroatoms. The van der Waals surface area contributed by atoms with Gasteiger partial charge in [0.05, 0.1) is 6.61 Å². The SMILES string of the molecule is C=C(C)C(=O)OCc1ccccc1.C=CC.C=CC(=O)OCCCC. The summed E-state index contributed by atoms with van der Waals surface area (Å²) in [6, 6.07) is 9.55. The van der Waals surface area contributed by atoms with Gasteiger partial charge in [0.2, 0.25) is 0 Å². The number of carbonyl (C=O) groups is 2. The molecule has 0 bridgehead atoms. The Hall–Kier alpha value is -2.62. The van der Waals surface area contributed by atoms with Crippen molar-refractivity contribution in [2.45, 2.75) is 40.2 Å². The molecule has 0 aliphatic rings. The normalized spacial score (nSPS) is 8.44. The van der Waals surface area contributed by atoms with E-state index in [1.165, 1.54) is 6.08 Å². The van der Waals surface area contributed by atoms with E-state index in [2.05, 4.69) is 24.5 Å². The van der Waals surface area contributed by atoms with Crippen LogP contribution >= 0.6 is 0 Å². The van der Waals surface area contributed by atoms with Crippen molar-refractivity contribution < 1.29 is 19.1 Å². The van der Waals surface area contributed by atoms with Gasteiger partial charge in [0.1, 0.15) is 6.61 Å². The highest BCUT2D eigenvalue weighted by molar-refractivity contribution is 5.86. The number of allylic oxidation sites excluding steroid dienone is 1. The van der Waals surface area contributed by atoms with Gasteiger partial charge < -0.3 is 9.47 Å². The third-order valence-electron chi connectivity index (χ3n) is 2.47. The lowest BCUT2D eigenvalue weighted by Crippen LogP contribution is -2.04. The first kappa shape index (κ1) is 24.6. The number of ether oxygens (including phenoxy) is 2. The average molecular weight is 346 g/mol. The third kappa shape index (κ3) is 17.6. The topological polar surface area (TPSA) is 52.6 Å². The van der Waals surface area contributed by atoms with Crippen molar-refractivity contribution in [3.63, 3.8) is 0 Å². The minimum Gasteiger partial charge on any atom is -0.463 e. The molecule has 0 aliphatic heterocycles. The maximum absolute atomic E-state index is 11.0. The van der Waals surface area contributed by atoms with Gasteiger partial charge >= 0.3 is 11.9 Å². The highest BCUT2D eigenvalue weighted by Gasteiger charge is 2.02. The summed E-state index contributed by atoms with van der Waals surface area (Å²) in [6.07, 6.45) is 4.90. The molecule has 0 heterocycles. The van der Waals surface area contributed by atoms with E-state index in [-0.39, 0.29) is 11.9 Å². The fourth-order valence-electron chi connectivity index (χ4n) is 1.22. The second-order valence-electron chi connectivity index (χ2n) is 4.98. The molecule has 0 radical (unpaired) electrons. The van der Waals surface area contributed by atoms with Gasteiger partial charge in [0.15, 0.2) is 0 Å². The van der Waals surface area contributed by atoms with Crippen LogP contribution in [0.15, 0.2) is 67.8 Å². The van der Waals surface area contributed by atoms with Crippen molar-refractivity contribution in [3.8, 4) is 0 Å². The summed E-state index contributed by atoms with van der Waals surface area (Å²) < 4.78 is 9.63. The van der Waals surface area contributed by atoms with Crippen LogP contribution in [0.5, 0.6) is 0 Å². The molecule has 138 valence electrons. The van der Waals surface area contributed by atoms with E-state index in [0.717, 1.165) is 18.4 Å². The van der Waals surface area contributed by atoms with Crippen LogP contribution in [-0.4, -0.2) is 18.5 Å². The van der Waals surface area contributed by atoms with E-state index in [1.807, 2.05) is 44.2 Å². The molecule has 0 atom stereocenters. The zero-order valence-corrected chi connectivity index (χ0v) is 15.6. The lowest BCUT2D eigenvalue weighted by Gasteiger charge is -2.03. The van der Waals surface area contributed by atoms with Gasteiger partial charge in [-0.05, 0) is 25.8 Å². The van der Waals surface area contributed by atoms with Gasteiger partial charge in [-0.2, -0.15) is 0 Å². The molecule has 0 saturated carbocycles. The van der Waals surface area contributed by atoms with Crippen LogP contribution < -0.4 is 0 Å². The highest BCUT2D eigenvalue weighted by Crippen LogP contribution is 2.02. The largest absolute Gasteiger partial charge is 0.463 e. The summed E-state index contributed by atoms with van der Waals surface area (Å²) in [5.41, 5.74) is 1.41. The lowest BCUT2D eigenvalue weighted by atomic mass is 10.2. The predicted octanol–water partition coefficient (Wildman–Crippen LogP) is 5.01. The summed E-state index contributed by atoms with van der Waals surface area (Å²) >= 11 is 0. The zero-order valence-electron chi connectivity index (χ0n) is 15.6. The van der Waals surface area contributed by atoms with Gasteiger partial charge in [-0.3, -0.25) is 0 Å². The van der Waals surface area contributed by atoms with Crippen LogP contribution in [-0.2, 0) is 25.7 Å². The van der Waals surface area contributed by atoms with E-state index < -0.39 is 0 Å². The molecular weight excluding hydrogens is 316 g/mol. The maximum atomic E-state index is 11.0. The van der Waals surface area contributed by atoms with E-state index >= 15 is 0 Å². The smallest absolute Gasteiger partial charge is 0.333 e. The third-order valence-corrected chi connectivity index (χ3v) is 2.47. The van der Waals surface area contributed by atoms with E-state index in [1.54, 1.807) is 13.0 Å². The highest BCUT2D eigenvalue weighted by atomic mass is 16.5. The van der Waals surface area contributed by atoms with E-state index in [9.17, 15) is 9.59 Å². The quantitative estimate of drug-likeness (QED) is 0.301. The molecule has 1 rings (SSSR count). The number of esters is 2. The van der Waals surface area contributed by atoms with Crippen molar-refractivity contribution in [2.24, 2.45) is 0 Å². The molecule has 25 heavy (non-hydrogen) atoms. The van der Waals surface area contributed by atoms with Crippen LogP contribution in [0, 0.1) is 0 Å². The molecule has 0 amide bonds. The standard InChI is InChI=1S/C11H12O2.C7H12O2.C3H6/c1-9(2)11(12)13-8-10-6-4-3-5-7-10;1-3-5-6-9-7(8)4-2;1-3-2/h3-7H,1,8H2,2H3;4H,2-3,5-6H2,1H3;3H,1H2,2H3. The minimum atomic E-state index is -0.344. The van der Waals surface area contributed by atoms with Gasteiger partial charge in [-0.25, -0.2) is 9.59 Å². The Morgan fingerprint density at radius 3 is 2.12 bits per heavy atom. The monoisotopic (exact) mass is 346 g/mol. The van der Waals surface area contributed by atoms with Crippen LogP contribution in [0.25, 0.3) is 0 Å². The van der Waals surface area contributed by atoms with E-state index in [4.69, 9.17) is 4.74 Å². The number of hydrogen-bond donors (Lipinski definition) is 0. The zero-order chi connectivity index (χ0) is 19.5. The first-order valence-electron chi connectivity index (χ1n) is 8.15. The number of carbonyl (C=O) groups excluding carboxylic acids is 2. The second kappa shape index (κ2) is 17.7. The Balaban J connectivity index is 0. The molecule has 0 saturated heterocycles. The van der Waals surface area contributed by atoms with Crippen LogP contribution in [0.2, 0.25) is 0 Å². The fourth-order valence-corrected chi connectivity index (χ4v) is 1.22. The molecule has 0 N–H and O–H groups in total. The molecule has 0 fully saturated rings. The maximum Gasteiger partial charge on any atom is 0.333 e. The van der Waals surface area contributed by atoms with Crippen molar-refractivity contribution >= 4 is 11.9 Å². The molecule has 4 nitrogen and oxygen atoms in total. The second-order valence-corrected chi connectivity index (χ2v) is 4.98. The molecule has 0 aromatic heterocycles. The van der Waals surface area contributed by atoms with Crippen molar-refractivity contribution in [1.29, 1.82) is 0 Å². The molecule has 0 spiro atoms. The first-order valence-corrected chi connectivity index (χ1v) is 8.15. The number of unbranched alkanes of at least 4 members (excludes halogenated alkanes) is 1. The van der Waals surface area contributed by atoms with Gasteiger partial charge in [-0.15, -0.1) is 6.58 Å². The van der Waals surface area contributed by atoms with Crippen molar-refractivity contribution in [1.82, 2.24) is 0 Å².